The molecule has 1 amide bonds. The van der Waals surface area contributed by atoms with Crippen LogP contribution in [0.3, 0.4) is 0 Å². The number of benzene rings is 2. The Morgan fingerprint density at radius 2 is 1.95 bits per heavy atom. The molecule has 1 aliphatic rings. The van der Waals surface area contributed by atoms with Crippen molar-refractivity contribution in [1.82, 2.24) is 0 Å². The Hall–Kier alpha value is -2.01. The molecule has 0 atom stereocenters. The lowest BCUT2D eigenvalue weighted by Crippen LogP contribution is -2.36. The summed E-state index contributed by atoms with van der Waals surface area (Å²) in [6.45, 7) is 1.01. The SMILES string of the molecule is O=C(CCOc1ccc(F)cc1)N1CCSc2ccccc21. The van der Waals surface area contributed by atoms with E-state index in [9.17, 15) is 9.18 Å². The van der Waals surface area contributed by atoms with E-state index in [0.717, 1.165) is 22.9 Å². The predicted octanol–water partition coefficient (Wildman–Crippen LogP) is 3.73. The van der Waals surface area contributed by atoms with Gasteiger partial charge in [-0.15, -0.1) is 11.8 Å². The van der Waals surface area contributed by atoms with Crippen LogP contribution >= 0.6 is 11.8 Å². The maximum atomic E-state index is 12.8. The van der Waals surface area contributed by atoms with Gasteiger partial charge in [-0.3, -0.25) is 4.79 Å². The molecule has 0 aliphatic carbocycles. The molecule has 114 valence electrons. The number of carbonyl (C=O) groups is 1. The van der Waals surface area contributed by atoms with Crippen molar-refractivity contribution in [3.8, 4) is 5.75 Å². The minimum Gasteiger partial charge on any atom is -0.493 e. The number of nitrogens with zero attached hydrogens (tertiary/aromatic N) is 1. The second-order valence-corrected chi connectivity index (χ2v) is 6.05. The number of carbonyl (C=O) groups excluding carboxylic acids is 1. The van der Waals surface area contributed by atoms with Crippen molar-refractivity contribution in [3.05, 3.63) is 54.3 Å². The van der Waals surface area contributed by atoms with Crippen molar-refractivity contribution in [3.63, 3.8) is 0 Å². The Labute approximate surface area is 133 Å². The lowest BCUT2D eigenvalue weighted by molar-refractivity contribution is -0.119. The predicted molar refractivity (Wildman–Crippen MR) is 86.0 cm³/mol. The third kappa shape index (κ3) is 3.42. The molecule has 1 aliphatic heterocycles. The molecule has 3 nitrogen and oxygen atoms in total. The van der Waals surface area contributed by atoms with Crippen LogP contribution in [0.4, 0.5) is 10.1 Å². The molecule has 5 heteroatoms. The molecule has 0 saturated carbocycles. The smallest absolute Gasteiger partial charge is 0.230 e. The number of hydrogen-bond donors (Lipinski definition) is 0. The van der Waals surface area contributed by atoms with Gasteiger partial charge in [0.25, 0.3) is 0 Å². The quantitative estimate of drug-likeness (QED) is 0.860. The molecule has 22 heavy (non-hydrogen) atoms. The van der Waals surface area contributed by atoms with Crippen LogP contribution in [0.2, 0.25) is 0 Å². The molecule has 3 rings (SSSR count). The summed E-state index contributed by atoms with van der Waals surface area (Å²) in [7, 11) is 0. The standard InChI is InChI=1S/C17H16FNO2S/c18-13-5-7-14(8-6-13)21-11-9-17(20)19-10-12-22-16-4-2-1-3-15(16)19/h1-8H,9-12H2. The van der Waals surface area contributed by atoms with E-state index >= 15 is 0 Å². The Kier molecular flexibility index (Phi) is 4.63. The number of fused-ring (bicyclic) bond motifs is 1. The van der Waals surface area contributed by atoms with Crippen molar-refractivity contribution in [2.45, 2.75) is 11.3 Å². The Balaban J connectivity index is 1.58. The second kappa shape index (κ2) is 6.83. The van der Waals surface area contributed by atoms with Gasteiger partial charge in [0.2, 0.25) is 5.91 Å². The van der Waals surface area contributed by atoms with Crippen molar-refractivity contribution >= 4 is 23.4 Å². The molecule has 0 bridgehead atoms. The summed E-state index contributed by atoms with van der Waals surface area (Å²) in [6, 6.07) is 13.7. The van der Waals surface area contributed by atoms with Crippen LogP contribution in [0.5, 0.6) is 5.75 Å². The fourth-order valence-corrected chi connectivity index (χ4v) is 3.35. The molecule has 2 aromatic rings. The van der Waals surface area contributed by atoms with Gasteiger partial charge in [-0.1, -0.05) is 12.1 Å². The molecule has 0 radical (unpaired) electrons. The number of amides is 1. The molecule has 0 fully saturated rings. The van der Waals surface area contributed by atoms with Crippen molar-refractivity contribution < 1.29 is 13.9 Å². The monoisotopic (exact) mass is 317 g/mol. The average Bonchev–Trinajstić information content (AvgIpc) is 2.56. The third-order valence-electron chi connectivity index (χ3n) is 3.43. The van der Waals surface area contributed by atoms with Crippen LogP contribution in [0.25, 0.3) is 0 Å². The van der Waals surface area contributed by atoms with E-state index in [-0.39, 0.29) is 18.3 Å². The van der Waals surface area contributed by atoms with Crippen LogP contribution in [-0.4, -0.2) is 24.8 Å². The summed E-state index contributed by atoms with van der Waals surface area (Å²) in [5.74, 6) is 1.23. The van der Waals surface area contributed by atoms with Gasteiger partial charge < -0.3 is 9.64 Å². The molecule has 0 unspecified atom stereocenters. The van der Waals surface area contributed by atoms with E-state index in [1.165, 1.54) is 12.1 Å². The minimum absolute atomic E-state index is 0.0508. The summed E-state index contributed by atoms with van der Waals surface area (Å²) < 4.78 is 18.3. The first-order valence-corrected chi connectivity index (χ1v) is 8.13. The summed E-state index contributed by atoms with van der Waals surface area (Å²) in [4.78, 5) is 15.3. The molecule has 0 N–H and O–H groups in total. The number of thioether (sulfide) groups is 1. The van der Waals surface area contributed by atoms with E-state index in [1.807, 2.05) is 29.2 Å². The van der Waals surface area contributed by atoms with Crippen LogP contribution in [-0.2, 0) is 4.79 Å². The van der Waals surface area contributed by atoms with E-state index in [2.05, 4.69) is 0 Å². The van der Waals surface area contributed by atoms with Crippen LogP contribution < -0.4 is 9.64 Å². The maximum absolute atomic E-state index is 12.8. The van der Waals surface area contributed by atoms with E-state index in [4.69, 9.17) is 4.74 Å². The number of anilines is 1. The number of ether oxygens (including phenoxy) is 1. The van der Waals surface area contributed by atoms with Gasteiger partial charge in [-0.2, -0.15) is 0 Å². The fourth-order valence-electron chi connectivity index (χ4n) is 2.35. The molecular formula is C17H16FNO2S. The summed E-state index contributed by atoms with van der Waals surface area (Å²) in [6.07, 6.45) is 0.302. The van der Waals surface area contributed by atoms with Gasteiger partial charge >= 0.3 is 0 Å². The van der Waals surface area contributed by atoms with E-state index < -0.39 is 0 Å². The molecule has 0 spiro atoms. The highest BCUT2D eigenvalue weighted by molar-refractivity contribution is 7.99. The maximum Gasteiger partial charge on any atom is 0.230 e. The van der Waals surface area contributed by atoms with Crippen molar-refractivity contribution in [2.24, 2.45) is 0 Å². The van der Waals surface area contributed by atoms with Gasteiger partial charge in [0.05, 0.1) is 18.7 Å². The largest absolute Gasteiger partial charge is 0.493 e. The molecule has 0 saturated heterocycles. The van der Waals surface area contributed by atoms with Crippen LogP contribution in [0.15, 0.2) is 53.4 Å². The summed E-state index contributed by atoms with van der Waals surface area (Å²) in [5, 5.41) is 0. The molecule has 1 heterocycles. The zero-order valence-corrected chi connectivity index (χ0v) is 12.8. The lowest BCUT2D eigenvalue weighted by atomic mass is 10.2. The highest BCUT2D eigenvalue weighted by Crippen LogP contribution is 2.34. The van der Waals surface area contributed by atoms with Crippen molar-refractivity contribution in [2.75, 3.05) is 23.8 Å². The van der Waals surface area contributed by atoms with E-state index in [1.54, 1.807) is 23.9 Å². The number of halogens is 1. The highest BCUT2D eigenvalue weighted by atomic mass is 32.2. The van der Waals surface area contributed by atoms with Gasteiger partial charge in [0.15, 0.2) is 0 Å². The Morgan fingerprint density at radius 3 is 2.77 bits per heavy atom. The number of rotatable bonds is 4. The Bertz CT molecular complexity index is 660. The normalized spacial score (nSPS) is 13.6. The lowest BCUT2D eigenvalue weighted by Gasteiger charge is -2.29. The first kappa shape index (κ1) is 14.9. The van der Waals surface area contributed by atoms with Gasteiger partial charge in [-0.05, 0) is 36.4 Å². The topological polar surface area (TPSA) is 29.5 Å². The molecule has 0 aromatic heterocycles. The second-order valence-electron chi connectivity index (χ2n) is 4.91. The van der Waals surface area contributed by atoms with Gasteiger partial charge in [0.1, 0.15) is 11.6 Å². The minimum atomic E-state index is -0.300. The van der Waals surface area contributed by atoms with Gasteiger partial charge in [-0.25, -0.2) is 4.39 Å². The highest BCUT2D eigenvalue weighted by Gasteiger charge is 2.22. The first-order valence-electron chi connectivity index (χ1n) is 7.14. The van der Waals surface area contributed by atoms with Crippen LogP contribution in [0, 0.1) is 5.82 Å². The zero-order valence-electron chi connectivity index (χ0n) is 12.0. The number of para-hydroxylation sites is 1. The Morgan fingerprint density at radius 1 is 1.18 bits per heavy atom. The van der Waals surface area contributed by atoms with E-state index in [0.29, 0.717) is 12.2 Å². The van der Waals surface area contributed by atoms with Crippen molar-refractivity contribution in [1.29, 1.82) is 0 Å². The zero-order chi connectivity index (χ0) is 15.4. The third-order valence-corrected chi connectivity index (χ3v) is 4.47. The fraction of sp³-hybridized carbons (Fsp3) is 0.235. The molecular weight excluding hydrogens is 301 g/mol. The molecule has 2 aromatic carbocycles. The number of hydrogen-bond acceptors (Lipinski definition) is 3. The first-order chi connectivity index (χ1) is 10.7. The average molecular weight is 317 g/mol. The van der Waals surface area contributed by atoms with Crippen LogP contribution in [0.1, 0.15) is 6.42 Å². The summed E-state index contributed by atoms with van der Waals surface area (Å²) in [5.41, 5.74) is 0.977. The summed E-state index contributed by atoms with van der Waals surface area (Å²) >= 11 is 1.77. The van der Waals surface area contributed by atoms with Gasteiger partial charge in [0, 0.05) is 17.2 Å².